The second-order valence-corrected chi connectivity index (χ2v) is 4.18. The summed E-state index contributed by atoms with van der Waals surface area (Å²) in [7, 11) is 1.69. The minimum atomic E-state index is 0.254. The molecule has 1 atom stereocenters. The molecule has 1 fully saturated rings. The van der Waals surface area contributed by atoms with Gasteiger partial charge in [0.2, 0.25) is 0 Å². The molecule has 1 aliphatic heterocycles. The molecule has 0 N–H and O–H groups in total. The number of rotatable bonds is 6. The van der Waals surface area contributed by atoms with Crippen molar-refractivity contribution in [3.05, 3.63) is 28.8 Å². The highest BCUT2D eigenvalue weighted by atomic mass is 35.5. The van der Waals surface area contributed by atoms with Crippen LogP contribution in [0, 0.1) is 0 Å². The van der Waals surface area contributed by atoms with Crippen LogP contribution in [0.3, 0.4) is 0 Å². The van der Waals surface area contributed by atoms with E-state index >= 15 is 0 Å². The summed E-state index contributed by atoms with van der Waals surface area (Å²) < 4.78 is 15.6. The van der Waals surface area contributed by atoms with Crippen molar-refractivity contribution in [2.45, 2.75) is 12.5 Å². The zero-order valence-corrected chi connectivity index (χ0v) is 10.00. The van der Waals surface area contributed by atoms with Gasteiger partial charge in [-0.05, 0) is 24.1 Å². The molecule has 0 spiro atoms. The fourth-order valence-electron chi connectivity index (χ4n) is 1.38. The van der Waals surface area contributed by atoms with Crippen molar-refractivity contribution in [3.63, 3.8) is 0 Å². The first-order chi connectivity index (χ1) is 7.79. The fourth-order valence-corrected chi connectivity index (χ4v) is 1.64. The molecule has 4 heteroatoms. The van der Waals surface area contributed by atoms with E-state index in [1.54, 1.807) is 7.11 Å². The van der Waals surface area contributed by atoms with E-state index in [0.29, 0.717) is 18.2 Å². The summed E-state index contributed by atoms with van der Waals surface area (Å²) in [6.45, 7) is 2.08. The molecule has 0 saturated carbocycles. The van der Waals surface area contributed by atoms with Gasteiger partial charge in [-0.1, -0.05) is 17.7 Å². The van der Waals surface area contributed by atoms with Crippen molar-refractivity contribution >= 4 is 11.6 Å². The second kappa shape index (κ2) is 5.53. The van der Waals surface area contributed by atoms with Crippen LogP contribution < -0.4 is 4.74 Å². The van der Waals surface area contributed by atoms with Gasteiger partial charge >= 0.3 is 0 Å². The van der Waals surface area contributed by atoms with Crippen LogP contribution in [0.2, 0.25) is 5.02 Å². The van der Waals surface area contributed by atoms with Crippen molar-refractivity contribution in [3.8, 4) is 5.75 Å². The van der Waals surface area contributed by atoms with Crippen molar-refractivity contribution in [1.82, 2.24) is 0 Å². The molecule has 0 aromatic heterocycles. The van der Waals surface area contributed by atoms with Gasteiger partial charge in [-0.15, -0.1) is 0 Å². The highest BCUT2D eigenvalue weighted by Crippen LogP contribution is 2.26. The number of ether oxygens (including phenoxy) is 3. The normalized spacial score (nSPS) is 18.5. The first kappa shape index (κ1) is 11.7. The van der Waals surface area contributed by atoms with Gasteiger partial charge < -0.3 is 14.2 Å². The lowest BCUT2D eigenvalue weighted by Gasteiger charge is -2.08. The molecule has 0 aliphatic carbocycles. The summed E-state index contributed by atoms with van der Waals surface area (Å²) in [5.74, 6) is 0.721. The third-order valence-corrected chi connectivity index (χ3v) is 2.71. The van der Waals surface area contributed by atoms with Gasteiger partial charge in [0.1, 0.15) is 18.5 Å². The Labute approximate surface area is 100 Å². The SMILES string of the molecule is COCCc1ccc(OCC2CO2)c(Cl)c1. The van der Waals surface area contributed by atoms with Crippen molar-refractivity contribution < 1.29 is 14.2 Å². The van der Waals surface area contributed by atoms with E-state index in [1.807, 2.05) is 18.2 Å². The molecule has 0 amide bonds. The molecule has 1 saturated heterocycles. The number of methoxy groups -OCH3 is 1. The van der Waals surface area contributed by atoms with Crippen LogP contribution in [0.1, 0.15) is 5.56 Å². The lowest BCUT2D eigenvalue weighted by atomic mass is 10.1. The Morgan fingerprint density at radius 3 is 2.94 bits per heavy atom. The molecule has 1 heterocycles. The van der Waals surface area contributed by atoms with Gasteiger partial charge in [0.05, 0.1) is 18.2 Å². The summed E-state index contributed by atoms with van der Waals surface area (Å²) in [5, 5.41) is 0.647. The molecule has 3 nitrogen and oxygen atoms in total. The Hall–Kier alpha value is -0.770. The smallest absolute Gasteiger partial charge is 0.138 e. The molecule has 88 valence electrons. The molecule has 1 aromatic rings. The van der Waals surface area contributed by atoms with Gasteiger partial charge in [0.25, 0.3) is 0 Å². The largest absolute Gasteiger partial charge is 0.489 e. The van der Waals surface area contributed by atoms with Gasteiger partial charge in [0, 0.05) is 7.11 Å². The quantitative estimate of drug-likeness (QED) is 0.718. The van der Waals surface area contributed by atoms with Crippen LogP contribution in [-0.2, 0) is 15.9 Å². The average Bonchev–Trinajstić information content (AvgIpc) is 3.09. The molecule has 0 bridgehead atoms. The molecule has 1 unspecified atom stereocenters. The van der Waals surface area contributed by atoms with E-state index in [0.717, 1.165) is 24.3 Å². The lowest BCUT2D eigenvalue weighted by molar-refractivity contribution is 0.202. The monoisotopic (exact) mass is 242 g/mol. The van der Waals surface area contributed by atoms with Crippen molar-refractivity contribution in [2.24, 2.45) is 0 Å². The van der Waals surface area contributed by atoms with Gasteiger partial charge in [0.15, 0.2) is 0 Å². The number of hydrogen-bond donors (Lipinski definition) is 0. The number of epoxide rings is 1. The zero-order valence-electron chi connectivity index (χ0n) is 9.24. The van der Waals surface area contributed by atoms with Crippen LogP contribution in [-0.4, -0.2) is 33.0 Å². The van der Waals surface area contributed by atoms with Crippen LogP contribution in [0.25, 0.3) is 0 Å². The summed E-state index contributed by atoms with van der Waals surface area (Å²) in [6.07, 6.45) is 1.12. The summed E-state index contributed by atoms with van der Waals surface area (Å²) >= 11 is 6.11. The number of benzene rings is 1. The third-order valence-electron chi connectivity index (χ3n) is 2.42. The maximum absolute atomic E-state index is 6.11. The minimum Gasteiger partial charge on any atom is -0.489 e. The Morgan fingerprint density at radius 1 is 1.50 bits per heavy atom. The molecular weight excluding hydrogens is 228 g/mol. The van der Waals surface area contributed by atoms with Crippen LogP contribution in [0.5, 0.6) is 5.75 Å². The topological polar surface area (TPSA) is 31.0 Å². The van der Waals surface area contributed by atoms with Gasteiger partial charge in [-0.3, -0.25) is 0 Å². The first-order valence-corrected chi connectivity index (χ1v) is 5.69. The lowest BCUT2D eigenvalue weighted by Crippen LogP contribution is -2.04. The first-order valence-electron chi connectivity index (χ1n) is 5.31. The Morgan fingerprint density at radius 2 is 2.31 bits per heavy atom. The molecule has 1 aliphatic rings. The zero-order chi connectivity index (χ0) is 11.4. The van der Waals surface area contributed by atoms with E-state index in [9.17, 15) is 0 Å². The summed E-state index contributed by atoms with van der Waals surface area (Å²) in [6, 6.07) is 5.83. The van der Waals surface area contributed by atoms with E-state index in [4.69, 9.17) is 25.8 Å². The third kappa shape index (κ3) is 3.37. The Balaban J connectivity index is 1.92. The Bertz CT molecular complexity index is 350. The predicted octanol–water partition coefficient (Wildman–Crippen LogP) is 2.31. The number of halogens is 1. The van der Waals surface area contributed by atoms with E-state index in [1.165, 1.54) is 0 Å². The Kier molecular flexibility index (Phi) is 4.04. The van der Waals surface area contributed by atoms with Crippen LogP contribution in [0.4, 0.5) is 0 Å². The minimum absolute atomic E-state index is 0.254. The summed E-state index contributed by atoms with van der Waals surface area (Å²) in [5.41, 5.74) is 1.15. The van der Waals surface area contributed by atoms with Crippen molar-refractivity contribution in [2.75, 3.05) is 26.9 Å². The highest BCUT2D eigenvalue weighted by molar-refractivity contribution is 6.32. The molecular formula is C12H15ClO3. The van der Waals surface area contributed by atoms with Crippen molar-refractivity contribution in [1.29, 1.82) is 0 Å². The van der Waals surface area contributed by atoms with Gasteiger partial charge in [-0.2, -0.15) is 0 Å². The van der Waals surface area contributed by atoms with Crippen LogP contribution >= 0.6 is 11.6 Å². The second-order valence-electron chi connectivity index (χ2n) is 3.77. The molecule has 0 radical (unpaired) electrons. The highest BCUT2D eigenvalue weighted by Gasteiger charge is 2.23. The van der Waals surface area contributed by atoms with Gasteiger partial charge in [-0.25, -0.2) is 0 Å². The average molecular weight is 243 g/mol. The predicted molar refractivity (Wildman–Crippen MR) is 62.3 cm³/mol. The van der Waals surface area contributed by atoms with E-state index in [2.05, 4.69) is 0 Å². The maximum Gasteiger partial charge on any atom is 0.138 e. The molecule has 16 heavy (non-hydrogen) atoms. The maximum atomic E-state index is 6.11. The molecule has 1 aromatic carbocycles. The fraction of sp³-hybridized carbons (Fsp3) is 0.500. The standard InChI is InChI=1S/C12H15ClO3/c1-14-5-4-9-2-3-12(11(13)6-9)16-8-10-7-15-10/h2-3,6,10H,4-5,7-8H2,1H3. The molecule has 2 rings (SSSR count). The summed E-state index contributed by atoms with van der Waals surface area (Å²) in [4.78, 5) is 0. The van der Waals surface area contributed by atoms with Crippen LogP contribution in [0.15, 0.2) is 18.2 Å². The van der Waals surface area contributed by atoms with E-state index < -0.39 is 0 Å². The van der Waals surface area contributed by atoms with E-state index in [-0.39, 0.29) is 6.10 Å². The number of hydrogen-bond acceptors (Lipinski definition) is 3.